The second-order valence-corrected chi connectivity index (χ2v) is 4.35. The Morgan fingerprint density at radius 1 is 1.00 bits per heavy atom. The minimum atomic E-state index is 0.863. The molecule has 2 unspecified atom stereocenters. The molecule has 0 spiro atoms. The Balaban J connectivity index is 1.87. The van der Waals surface area contributed by atoms with Crippen molar-refractivity contribution in [2.24, 2.45) is 11.8 Å². The Morgan fingerprint density at radius 3 is 2.31 bits per heavy atom. The summed E-state index contributed by atoms with van der Waals surface area (Å²) in [6, 6.07) is 11.0. The van der Waals surface area contributed by atoms with Gasteiger partial charge in [0.1, 0.15) is 0 Å². The predicted octanol–water partition coefficient (Wildman–Crippen LogP) is 2.01. The van der Waals surface area contributed by atoms with E-state index in [1.165, 1.54) is 19.5 Å². The molecule has 1 N–H and O–H groups in total. The Labute approximate surface area is 79.2 Å². The van der Waals surface area contributed by atoms with E-state index in [9.17, 15) is 0 Å². The molecular formula is C12H15N. The van der Waals surface area contributed by atoms with Gasteiger partial charge < -0.3 is 5.32 Å². The van der Waals surface area contributed by atoms with Crippen LogP contribution in [0.5, 0.6) is 0 Å². The number of piperidine rings is 2. The summed E-state index contributed by atoms with van der Waals surface area (Å²) in [7, 11) is 0. The zero-order chi connectivity index (χ0) is 8.67. The van der Waals surface area contributed by atoms with Crippen molar-refractivity contribution in [3.8, 4) is 0 Å². The van der Waals surface area contributed by atoms with Crippen molar-refractivity contribution in [2.75, 3.05) is 13.1 Å². The molecule has 0 amide bonds. The molecule has 1 aromatic carbocycles. The van der Waals surface area contributed by atoms with Gasteiger partial charge in [-0.05, 0) is 42.8 Å². The van der Waals surface area contributed by atoms with E-state index in [4.69, 9.17) is 0 Å². The zero-order valence-corrected chi connectivity index (χ0v) is 7.74. The molecule has 1 saturated heterocycles. The summed E-state index contributed by atoms with van der Waals surface area (Å²) in [4.78, 5) is 0. The van der Waals surface area contributed by atoms with Crippen LogP contribution in [0.25, 0.3) is 0 Å². The number of hydrogen-bond donors (Lipinski definition) is 1. The highest BCUT2D eigenvalue weighted by Gasteiger charge is 2.43. The summed E-state index contributed by atoms with van der Waals surface area (Å²) in [5.74, 6) is 2.70. The van der Waals surface area contributed by atoms with Crippen molar-refractivity contribution in [3.05, 3.63) is 35.9 Å². The van der Waals surface area contributed by atoms with Crippen molar-refractivity contribution in [2.45, 2.75) is 12.3 Å². The van der Waals surface area contributed by atoms with Gasteiger partial charge >= 0.3 is 0 Å². The summed E-state index contributed by atoms with van der Waals surface area (Å²) in [6.45, 7) is 2.46. The van der Waals surface area contributed by atoms with E-state index in [2.05, 4.69) is 35.6 Å². The lowest BCUT2D eigenvalue weighted by Crippen LogP contribution is -2.51. The van der Waals surface area contributed by atoms with E-state index in [0.29, 0.717) is 0 Å². The highest BCUT2D eigenvalue weighted by molar-refractivity contribution is 5.25. The van der Waals surface area contributed by atoms with E-state index in [0.717, 1.165) is 17.8 Å². The molecule has 2 bridgehead atoms. The van der Waals surface area contributed by atoms with Crippen LogP contribution in [0.15, 0.2) is 30.3 Å². The highest BCUT2D eigenvalue weighted by Crippen LogP contribution is 2.49. The molecule has 68 valence electrons. The largest absolute Gasteiger partial charge is 0.316 e. The topological polar surface area (TPSA) is 12.0 Å². The first-order chi connectivity index (χ1) is 6.45. The third kappa shape index (κ3) is 1.11. The summed E-state index contributed by atoms with van der Waals surface area (Å²) in [5.41, 5.74) is 1.56. The Hall–Kier alpha value is -0.820. The van der Waals surface area contributed by atoms with Gasteiger partial charge in [0.15, 0.2) is 0 Å². The van der Waals surface area contributed by atoms with Crippen LogP contribution in [-0.4, -0.2) is 13.1 Å². The van der Waals surface area contributed by atoms with Gasteiger partial charge in [-0.1, -0.05) is 30.3 Å². The smallest absolute Gasteiger partial charge is 0.00143 e. The van der Waals surface area contributed by atoms with Crippen LogP contribution in [0.1, 0.15) is 17.9 Å². The fourth-order valence-electron chi connectivity index (χ4n) is 2.97. The maximum atomic E-state index is 3.48. The first-order valence-corrected chi connectivity index (χ1v) is 5.21. The van der Waals surface area contributed by atoms with Gasteiger partial charge in [0, 0.05) is 0 Å². The molecule has 2 aliphatic rings. The third-order valence-electron chi connectivity index (χ3n) is 3.62. The zero-order valence-electron chi connectivity index (χ0n) is 7.74. The number of nitrogens with one attached hydrogen (secondary N) is 1. The molecule has 1 aromatic rings. The minimum Gasteiger partial charge on any atom is -0.316 e. The Morgan fingerprint density at radius 2 is 1.69 bits per heavy atom. The van der Waals surface area contributed by atoms with Gasteiger partial charge in [0.2, 0.25) is 0 Å². The van der Waals surface area contributed by atoms with Crippen molar-refractivity contribution in [1.29, 1.82) is 0 Å². The summed E-state index contributed by atoms with van der Waals surface area (Å²) < 4.78 is 0. The summed E-state index contributed by atoms with van der Waals surface area (Å²) >= 11 is 0. The molecule has 1 aliphatic carbocycles. The molecule has 1 aliphatic heterocycles. The van der Waals surface area contributed by atoms with Gasteiger partial charge in [0.25, 0.3) is 0 Å². The molecule has 1 saturated carbocycles. The van der Waals surface area contributed by atoms with Gasteiger partial charge in [-0.2, -0.15) is 0 Å². The maximum Gasteiger partial charge on any atom is -0.00143 e. The molecule has 1 nitrogen and oxygen atoms in total. The van der Waals surface area contributed by atoms with Crippen LogP contribution >= 0.6 is 0 Å². The van der Waals surface area contributed by atoms with Gasteiger partial charge in [-0.3, -0.25) is 0 Å². The first kappa shape index (κ1) is 7.57. The normalized spacial score (nSPS) is 36.8. The molecule has 2 atom stereocenters. The van der Waals surface area contributed by atoms with E-state index >= 15 is 0 Å². The van der Waals surface area contributed by atoms with E-state index in [1.54, 1.807) is 5.56 Å². The standard InChI is InChI=1S/C12H15N/c1-2-4-9(5-3-1)12-10-6-11(12)8-13-7-10/h1-5,10-13H,6-8H2. The first-order valence-electron chi connectivity index (χ1n) is 5.21. The van der Waals surface area contributed by atoms with E-state index in [-0.39, 0.29) is 0 Å². The lowest BCUT2D eigenvalue weighted by atomic mass is 9.60. The Kier molecular flexibility index (Phi) is 1.66. The van der Waals surface area contributed by atoms with Crippen LogP contribution in [0.3, 0.4) is 0 Å². The summed E-state index contributed by atoms with van der Waals surface area (Å²) in [6.07, 6.45) is 1.45. The highest BCUT2D eigenvalue weighted by atomic mass is 14.9. The van der Waals surface area contributed by atoms with E-state index in [1.807, 2.05) is 0 Å². The number of hydrogen-bond acceptors (Lipinski definition) is 1. The van der Waals surface area contributed by atoms with Gasteiger partial charge in [-0.15, -0.1) is 0 Å². The van der Waals surface area contributed by atoms with E-state index < -0.39 is 0 Å². The summed E-state index contributed by atoms with van der Waals surface area (Å²) in [5, 5.41) is 3.48. The molecule has 0 radical (unpaired) electrons. The molecule has 0 aromatic heterocycles. The molecule has 1 heteroatoms. The Bertz CT molecular complexity index is 279. The lowest BCUT2D eigenvalue weighted by Gasteiger charge is -2.50. The van der Waals surface area contributed by atoms with Crippen molar-refractivity contribution >= 4 is 0 Å². The van der Waals surface area contributed by atoms with Crippen LogP contribution in [0, 0.1) is 11.8 Å². The molecule has 2 fully saturated rings. The molecule has 1 heterocycles. The molecular weight excluding hydrogens is 158 g/mol. The lowest BCUT2D eigenvalue weighted by molar-refractivity contribution is 0.0912. The predicted molar refractivity (Wildman–Crippen MR) is 53.6 cm³/mol. The SMILES string of the molecule is c1ccc(C2C3CNCC2C3)cc1. The third-order valence-corrected chi connectivity index (χ3v) is 3.62. The monoisotopic (exact) mass is 173 g/mol. The van der Waals surface area contributed by atoms with Crippen molar-refractivity contribution in [3.63, 3.8) is 0 Å². The average Bonchev–Trinajstić information content (AvgIpc) is 2.20. The van der Waals surface area contributed by atoms with Gasteiger partial charge in [0.05, 0.1) is 0 Å². The number of fused-ring (bicyclic) bond motifs is 2. The van der Waals surface area contributed by atoms with Crippen molar-refractivity contribution < 1.29 is 0 Å². The fourth-order valence-corrected chi connectivity index (χ4v) is 2.97. The maximum absolute atomic E-state index is 3.48. The number of benzene rings is 1. The second kappa shape index (κ2) is 2.85. The quantitative estimate of drug-likeness (QED) is 0.685. The van der Waals surface area contributed by atoms with Crippen LogP contribution in [0.2, 0.25) is 0 Å². The van der Waals surface area contributed by atoms with Crippen LogP contribution in [-0.2, 0) is 0 Å². The number of rotatable bonds is 1. The minimum absolute atomic E-state index is 0.863. The fraction of sp³-hybridized carbons (Fsp3) is 0.500. The van der Waals surface area contributed by atoms with Gasteiger partial charge in [-0.25, -0.2) is 0 Å². The van der Waals surface area contributed by atoms with Crippen LogP contribution in [0.4, 0.5) is 0 Å². The van der Waals surface area contributed by atoms with Crippen molar-refractivity contribution in [1.82, 2.24) is 5.32 Å². The van der Waals surface area contributed by atoms with Crippen LogP contribution < -0.4 is 5.32 Å². The molecule has 13 heavy (non-hydrogen) atoms. The molecule has 3 rings (SSSR count). The second-order valence-electron chi connectivity index (χ2n) is 4.35. The average molecular weight is 173 g/mol.